The number of amides is 2. The molecule has 0 saturated carbocycles. The summed E-state index contributed by atoms with van der Waals surface area (Å²) in [4.78, 5) is 32.9. The Morgan fingerprint density at radius 2 is 1.71 bits per heavy atom. The van der Waals surface area contributed by atoms with Gasteiger partial charge in [-0.05, 0) is 61.7 Å². The van der Waals surface area contributed by atoms with E-state index in [9.17, 15) is 14.7 Å². The molecular formula is C33H38N4O4S. The van der Waals surface area contributed by atoms with Crippen LogP contribution in [0.25, 0.3) is 0 Å². The maximum atomic E-state index is 13.4. The molecule has 0 aliphatic carbocycles. The normalized spacial score (nSPS) is 13.2. The Morgan fingerprint density at radius 3 is 2.43 bits per heavy atom. The smallest absolute Gasteiger partial charge is 0.254 e. The van der Waals surface area contributed by atoms with Crippen molar-refractivity contribution in [3.8, 4) is 5.75 Å². The van der Waals surface area contributed by atoms with Crippen LogP contribution in [0.15, 0.2) is 84.2 Å². The number of carbonyl (C=O) groups excluding carboxylic acids is 2. The van der Waals surface area contributed by atoms with Crippen molar-refractivity contribution in [3.05, 3.63) is 117 Å². The van der Waals surface area contributed by atoms with Gasteiger partial charge in [0.05, 0.1) is 25.3 Å². The third-order valence-corrected chi connectivity index (χ3v) is 8.30. The molecule has 220 valence electrons. The maximum Gasteiger partial charge on any atom is 0.254 e. The number of benzene rings is 3. The quantitative estimate of drug-likeness (QED) is 0.208. The Labute approximate surface area is 251 Å². The highest BCUT2D eigenvalue weighted by atomic mass is 32.1. The summed E-state index contributed by atoms with van der Waals surface area (Å²) >= 11 is 1.52. The number of aryl methyl sites for hydroxylation is 1. The fourth-order valence-corrected chi connectivity index (χ4v) is 5.49. The zero-order valence-corrected chi connectivity index (χ0v) is 25.2. The molecule has 8 nitrogen and oxygen atoms in total. The first kappa shape index (κ1) is 30.9. The van der Waals surface area contributed by atoms with Crippen LogP contribution in [0.2, 0.25) is 0 Å². The largest absolute Gasteiger partial charge is 0.497 e. The minimum Gasteiger partial charge on any atom is -0.497 e. The van der Waals surface area contributed by atoms with Gasteiger partial charge in [0.1, 0.15) is 10.8 Å². The molecule has 3 N–H and O–H groups in total. The number of aromatic nitrogens is 1. The Morgan fingerprint density at radius 1 is 1.00 bits per heavy atom. The van der Waals surface area contributed by atoms with Gasteiger partial charge in [-0.15, -0.1) is 11.3 Å². The molecule has 0 fully saturated rings. The molecule has 0 aliphatic rings. The van der Waals surface area contributed by atoms with E-state index in [1.165, 1.54) is 11.3 Å². The second-order valence-electron chi connectivity index (χ2n) is 10.3. The number of aliphatic hydroxyl groups excluding tert-OH is 1. The van der Waals surface area contributed by atoms with Gasteiger partial charge < -0.3 is 25.4 Å². The number of rotatable bonds is 13. The lowest BCUT2D eigenvalue weighted by molar-refractivity contribution is 0.0742. The standard InChI is InChI=1S/C33H38N4O4S/c1-22-21-42-32(35-22)23(2)37(3)33(40)27-14-9-13-26(18-27)31(39)36-29(17-24-10-6-5-7-11-24)30(38)20-34-19-25-12-8-15-28(16-25)41-4/h5-16,18,21,23,29-30,34,38H,17,19-20H2,1-4H3,(H,36,39). The molecular weight excluding hydrogens is 548 g/mol. The van der Waals surface area contributed by atoms with Crippen molar-refractivity contribution in [1.82, 2.24) is 20.5 Å². The lowest BCUT2D eigenvalue weighted by Gasteiger charge is -2.25. The summed E-state index contributed by atoms with van der Waals surface area (Å²) in [6, 6.07) is 23.4. The third-order valence-electron chi connectivity index (χ3n) is 7.16. The average molecular weight is 587 g/mol. The molecule has 0 aliphatic heterocycles. The van der Waals surface area contributed by atoms with Gasteiger partial charge in [-0.25, -0.2) is 4.98 Å². The third kappa shape index (κ3) is 8.25. The minimum absolute atomic E-state index is 0.201. The van der Waals surface area contributed by atoms with Crippen molar-refractivity contribution >= 4 is 23.2 Å². The molecule has 0 radical (unpaired) electrons. The monoisotopic (exact) mass is 586 g/mol. The molecule has 1 aromatic heterocycles. The summed E-state index contributed by atoms with van der Waals surface area (Å²) in [5.41, 5.74) is 3.69. The number of methoxy groups -OCH3 is 1. The van der Waals surface area contributed by atoms with E-state index in [-0.39, 0.29) is 24.4 Å². The van der Waals surface area contributed by atoms with E-state index in [0.29, 0.717) is 24.1 Å². The summed E-state index contributed by atoms with van der Waals surface area (Å²) in [6.07, 6.45) is -0.418. The van der Waals surface area contributed by atoms with E-state index >= 15 is 0 Å². The van der Waals surface area contributed by atoms with Gasteiger partial charge in [0.2, 0.25) is 0 Å². The number of nitrogens with zero attached hydrogens (tertiary/aromatic N) is 2. The second kappa shape index (κ2) is 14.7. The average Bonchev–Trinajstić information content (AvgIpc) is 3.46. The first-order valence-electron chi connectivity index (χ1n) is 13.9. The zero-order chi connectivity index (χ0) is 30.1. The summed E-state index contributed by atoms with van der Waals surface area (Å²) in [5, 5.41) is 20.3. The molecule has 0 bridgehead atoms. The van der Waals surface area contributed by atoms with E-state index in [4.69, 9.17) is 4.74 Å². The van der Waals surface area contributed by atoms with Gasteiger partial charge in [-0.3, -0.25) is 9.59 Å². The van der Waals surface area contributed by atoms with E-state index in [2.05, 4.69) is 15.6 Å². The lowest BCUT2D eigenvalue weighted by Crippen LogP contribution is -2.48. The first-order chi connectivity index (χ1) is 20.2. The highest BCUT2D eigenvalue weighted by molar-refractivity contribution is 7.09. The molecule has 0 saturated heterocycles. The molecule has 42 heavy (non-hydrogen) atoms. The molecule has 0 spiro atoms. The van der Waals surface area contributed by atoms with Crippen molar-refractivity contribution in [2.75, 3.05) is 20.7 Å². The summed E-state index contributed by atoms with van der Waals surface area (Å²) in [5.74, 6) is 0.208. The molecule has 3 unspecified atom stereocenters. The van der Waals surface area contributed by atoms with E-state index in [1.807, 2.05) is 73.8 Å². The van der Waals surface area contributed by atoms with Crippen molar-refractivity contribution < 1.29 is 19.4 Å². The summed E-state index contributed by atoms with van der Waals surface area (Å²) < 4.78 is 5.29. The van der Waals surface area contributed by atoms with Crippen molar-refractivity contribution in [1.29, 1.82) is 0 Å². The topological polar surface area (TPSA) is 104 Å². The number of thiazole rings is 1. The minimum atomic E-state index is -0.863. The van der Waals surface area contributed by atoms with E-state index in [0.717, 1.165) is 27.6 Å². The predicted octanol–water partition coefficient (Wildman–Crippen LogP) is 4.79. The molecule has 3 atom stereocenters. The van der Waals surface area contributed by atoms with Crippen LogP contribution >= 0.6 is 11.3 Å². The first-order valence-corrected chi connectivity index (χ1v) is 14.8. The maximum absolute atomic E-state index is 13.4. The second-order valence-corrected chi connectivity index (χ2v) is 11.2. The van der Waals surface area contributed by atoms with Crippen LogP contribution in [-0.2, 0) is 13.0 Å². The van der Waals surface area contributed by atoms with E-state index in [1.54, 1.807) is 43.3 Å². The molecule has 4 aromatic rings. The van der Waals surface area contributed by atoms with Crippen LogP contribution < -0.4 is 15.4 Å². The number of ether oxygens (including phenoxy) is 1. The van der Waals surface area contributed by atoms with Crippen LogP contribution in [0, 0.1) is 6.92 Å². The van der Waals surface area contributed by atoms with Crippen LogP contribution in [0.4, 0.5) is 0 Å². The summed E-state index contributed by atoms with van der Waals surface area (Å²) in [6.45, 7) is 4.67. The van der Waals surface area contributed by atoms with Crippen LogP contribution in [0.1, 0.15) is 55.5 Å². The number of aliphatic hydroxyl groups is 1. The number of hydrogen-bond donors (Lipinski definition) is 3. The Hall–Kier alpha value is -4.05. The van der Waals surface area contributed by atoms with Gasteiger partial charge >= 0.3 is 0 Å². The van der Waals surface area contributed by atoms with Crippen LogP contribution in [0.3, 0.4) is 0 Å². The number of carbonyl (C=O) groups is 2. The molecule has 3 aromatic carbocycles. The Bertz CT molecular complexity index is 1480. The van der Waals surface area contributed by atoms with Crippen LogP contribution in [0.5, 0.6) is 5.75 Å². The number of nitrogens with one attached hydrogen (secondary N) is 2. The number of hydrogen-bond acceptors (Lipinski definition) is 7. The highest BCUT2D eigenvalue weighted by Crippen LogP contribution is 2.24. The highest BCUT2D eigenvalue weighted by Gasteiger charge is 2.25. The van der Waals surface area contributed by atoms with Gasteiger partial charge in [0.15, 0.2) is 0 Å². The molecule has 2 amide bonds. The van der Waals surface area contributed by atoms with Gasteiger partial charge in [0, 0.05) is 42.3 Å². The fraction of sp³-hybridized carbons (Fsp3) is 0.303. The Kier molecular flexibility index (Phi) is 10.8. The van der Waals surface area contributed by atoms with Crippen molar-refractivity contribution in [3.63, 3.8) is 0 Å². The van der Waals surface area contributed by atoms with Crippen molar-refractivity contribution in [2.45, 2.75) is 45.0 Å². The summed E-state index contributed by atoms with van der Waals surface area (Å²) in [7, 11) is 3.36. The fourth-order valence-electron chi connectivity index (χ4n) is 4.59. The zero-order valence-electron chi connectivity index (χ0n) is 24.4. The van der Waals surface area contributed by atoms with Crippen LogP contribution in [-0.4, -0.2) is 59.7 Å². The molecule has 1 heterocycles. The molecule has 9 heteroatoms. The van der Waals surface area contributed by atoms with Gasteiger partial charge in [0.25, 0.3) is 11.8 Å². The van der Waals surface area contributed by atoms with Crippen molar-refractivity contribution in [2.24, 2.45) is 0 Å². The molecule has 4 rings (SSSR count). The predicted molar refractivity (Wildman–Crippen MR) is 166 cm³/mol. The Balaban J connectivity index is 1.44. The van der Waals surface area contributed by atoms with Gasteiger partial charge in [-0.2, -0.15) is 0 Å². The SMILES string of the molecule is COc1cccc(CNCC(O)C(Cc2ccccc2)NC(=O)c2cccc(C(=O)N(C)C(C)c3nc(C)cs3)c2)c1. The lowest BCUT2D eigenvalue weighted by atomic mass is 10.00. The van der Waals surface area contributed by atoms with Gasteiger partial charge in [-0.1, -0.05) is 48.5 Å². The van der Waals surface area contributed by atoms with E-state index < -0.39 is 12.1 Å².